The van der Waals surface area contributed by atoms with Crippen molar-refractivity contribution in [3.8, 4) is 5.75 Å². The van der Waals surface area contributed by atoms with Crippen LogP contribution in [0.1, 0.15) is 24.2 Å². The maximum Gasteiger partial charge on any atom is 0.322 e. The number of sulfonamides is 1. The zero-order chi connectivity index (χ0) is 25.8. The van der Waals surface area contributed by atoms with Crippen LogP contribution >= 0.6 is 0 Å². The molecule has 2 aromatic carbocycles. The number of aliphatic hydroxyl groups excluding tert-OH is 1. The fraction of sp³-hybridized carbons (Fsp3) is 0.400. The predicted octanol–water partition coefficient (Wildman–Crippen LogP) is 2.81. The highest BCUT2D eigenvalue weighted by molar-refractivity contribution is 7.89. The Morgan fingerprint density at radius 1 is 1.22 bits per heavy atom. The zero-order valence-corrected chi connectivity index (χ0v) is 21.2. The fourth-order valence-corrected chi connectivity index (χ4v) is 6.85. The van der Waals surface area contributed by atoms with E-state index in [1.54, 1.807) is 20.1 Å². The Morgan fingerprint density at radius 2 is 1.97 bits per heavy atom. The van der Waals surface area contributed by atoms with Gasteiger partial charge in [-0.1, -0.05) is 6.07 Å². The molecule has 1 atom stereocenters. The van der Waals surface area contributed by atoms with E-state index in [1.807, 2.05) is 29.8 Å². The molecule has 3 heterocycles. The van der Waals surface area contributed by atoms with Crippen LogP contribution in [0.3, 0.4) is 0 Å². The summed E-state index contributed by atoms with van der Waals surface area (Å²) in [7, 11) is 0.0383. The van der Waals surface area contributed by atoms with Crippen molar-refractivity contribution in [2.24, 2.45) is 7.05 Å². The fourth-order valence-electron chi connectivity index (χ4n) is 5.60. The highest BCUT2D eigenvalue weighted by Gasteiger charge is 2.56. The molecule has 3 aromatic rings. The number of aromatic nitrogens is 1. The van der Waals surface area contributed by atoms with Crippen molar-refractivity contribution >= 4 is 32.6 Å². The number of rotatable bonds is 5. The first-order valence-electron chi connectivity index (χ1n) is 11.7. The SMILES string of the molecule is CCS(=O)(=O)N1CC2(CN(C(=O)Nc3cccc(F)c3)[C@H](CO)c3c2c2ccc(OC)cc2n3C)C1. The van der Waals surface area contributed by atoms with Gasteiger partial charge in [0.2, 0.25) is 10.0 Å². The molecule has 2 aliphatic rings. The van der Waals surface area contributed by atoms with Crippen LogP contribution < -0.4 is 10.1 Å². The van der Waals surface area contributed by atoms with Gasteiger partial charge in [0.25, 0.3) is 0 Å². The third kappa shape index (κ3) is 3.73. The smallest absolute Gasteiger partial charge is 0.322 e. The second-order valence-electron chi connectivity index (χ2n) is 9.42. The van der Waals surface area contributed by atoms with Gasteiger partial charge in [-0.3, -0.25) is 0 Å². The maximum atomic E-state index is 13.7. The van der Waals surface area contributed by atoms with E-state index in [9.17, 15) is 22.7 Å². The molecule has 0 unspecified atom stereocenters. The average molecular weight is 517 g/mol. The highest BCUT2D eigenvalue weighted by Crippen LogP contribution is 2.50. The number of benzene rings is 2. The van der Waals surface area contributed by atoms with Gasteiger partial charge < -0.3 is 24.6 Å². The number of carbonyl (C=O) groups excluding carboxylic acids is 1. The molecule has 1 spiro atoms. The number of nitrogens with zero attached hydrogens (tertiary/aromatic N) is 3. The van der Waals surface area contributed by atoms with Crippen LogP contribution in [-0.4, -0.2) is 72.4 Å². The number of carbonyl (C=O) groups is 1. The zero-order valence-electron chi connectivity index (χ0n) is 20.4. The van der Waals surface area contributed by atoms with Crippen LogP contribution in [0.25, 0.3) is 10.9 Å². The number of urea groups is 1. The molecule has 2 aliphatic heterocycles. The van der Waals surface area contributed by atoms with Gasteiger partial charge in [-0.05, 0) is 42.8 Å². The van der Waals surface area contributed by atoms with Crippen LogP contribution in [-0.2, 0) is 22.5 Å². The van der Waals surface area contributed by atoms with Crippen LogP contribution in [0, 0.1) is 5.82 Å². The lowest BCUT2D eigenvalue weighted by atomic mass is 9.70. The van der Waals surface area contributed by atoms with E-state index in [2.05, 4.69) is 5.32 Å². The third-order valence-corrected chi connectivity index (χ3v) is 9.15. The van der Waals surface area contributed by atoms with E-state index >= 15 is 0 Å². The summed E-state index contributed by atoms with van der Waals surface area (Å²) in [4.78, 5) is 15.0. The van der Waals surface area contributed by atoms with Gasteiger partial charge in [0.1, 0.15) is 11.6 Å². The minimum atomic E-state index is -3.41. The number of ether oxygens (including phenoxy) is 1. The molecule has 0 radical (unpaired) electrons. The predicted molar refractivity (Wildman–Crippen MR) is 134 cm³/mol. The molecule has 1 aromatic heterocycles. The molecule has 0 saturated carbocycles. The summed E-state index contributed by atoms with van der Waals surface area (Å²) >= 11 is 0. The Bertz CT molecular complexity index is 1450. The van der Waals surface area contributed by atoms with Gasteiger partial charge in [-0.25, -0.2) is 17.6 Å². The number of amides is 2. The van der Waals surface area contributed by atoms with Crippen LogP contribution in [0.2, 0.25) is 0 Å². The van der Waals surface area contributed by atoms with Crippen molar-refractivity contribution < 1.29 is 27.4 Å². The van der Waals surface area contributed by atoms with E-state index < -0.39 is 33.3 Å². The van der Waals surface area contributed by atoms with E-state index in [0.29, 0.717) is 11.4 Å². The molecule has 0 bridgehead atoms. The molecule has 2 amide bonds. The summed E-state index contributed by atoms with van der Waals surface area (Å²) in [6.45, 7) is 1.93. The summed E-state index contributed by atoms with van der Waals surface area (Å²) in [6.07, 6.45) is 0. The molecule has 11 heteroatoms. The number of anilines is 1. The van der Waals surface area contributed by atoms with Crippen LogP contribution in [0.15, 0.2) is 42.5 Å². The van der Waals surface area contributed by atoms with Gasteiger partial charge in [-0.15, -0.1) is 0 Å². The molecule has 36 heavy (non-hydrogen) atoms. The van der Waals surface area contributed by atoms with Gasteiger partial charge >= 0.3 is 6.03 Å². The van der Waals surface area contributed by atoms with Crippen molar-refractivity contribution in [2.45, 2.75) is 18.4 Å². The Morgan fingerprint density at radius 3 is 2.61 bits per heavy atom. The lowest BCUT2D eigenvalue weighted by Gasteiger charge is -2.55. The molecular formula is C25H29FN4O5S. The second kappa shape index (κ2) is 8.75. The molecule has 1 fully saturated rings. The summed E-state index contributed by atoms with van der Waals surface area (Å²) < 4.78 is 47.8. The van der Waals surface area contributed by atoms with Crippen molar-refractivity contribution in [2.75, 3.05) is 44.4 Å². The number of aliphatic hydroxyl groups is 1. The summed E-state index contributed by atoms with van der Waals surface area (Å²) in [5, 5.41) is 14.1. The van der Waals surface area contributed by atoms with Crippen LogP contribution in [0.4, 0.5) is 14.9 Å². The van der Waals surface area contributed by atoms with E-state index in [0.717, 1.165) is 22.2 Å². The number of aryl methyl sites for hydroxylation is 1. The minimum Gasteiger partial charge on any atom is -0.497 e. The third-order valence-electron chi connectivity index (χ3n) is 7.37. The molecular weight excluding hydrogens is 487 g/mol. The lowest BCUT2D eigenvalue weighted by Crippen LogP contribution is -2.68. The van der Waals surface area contributed by atoms with Gasteiger partial charge in [0.05, 0.1) is 31.0 Å². The lowest BCUT2D eigenvalue weighted by molar-refractivity contribution is 0.0536. The highest BCUT2D eigenvalue weighted by atomic mass is 32.2. The average Bonchev–Trinajstić information content (AvgIpc) is 3.13. The molecule has 1 saturated heterocycles. The Labute approximate surface area is 209 Å². The molecule has 192 valence electrons. The van der Waals surface area contributed by atoms with Crippen LogP contribution in [0.5, 0.6) is 5.75 Å². The standard InChI is InChI=1S/C25H29FN4O5S/c1-4-36(33,34)29-13-25(14-29)15-30(24(32)27-17-7-5-6-16(26)10-17)21(12-31)23-22(25)19-9-8-18(35-3)11-20(19)28(23)2/h5-11,21,31H,4,12-15H2,1-3H3,(H,27,32)/t21-/m1/s1. The first-order valence-corrected chi connectivity index (χ1v) is 13.3. The van der Waals surface area contributed by atoms with Crippen molar-refractivity contribution in [3.63, 3.8) is 0 Å². The summed E-state index contributed by atoms with van der Waals surface area (Å²) in [5.41, 5.74) is 2.19. The normalized spacial score (nSPS) is 19.2. The van der Waals surface area contributed by atoms with E-state index in [4.69, 9.17) is 4.74 Å². The molecule has 0 aliphatic carbocycles. The number of fused-ring (bicyclic) bond motifs is 4. The van der Waals surface area contributed by atoms with Crippen molar-refractivity contribution in [1.29, 1.82) is 0 Å². The topological polar surface area (TPSA) is 104 Å². The minimum absolute atomic E-state index is 0.00822. The van der Waals surface area contributed by atoms with E-state index in [-0.39, 0.29) is 32.0 Å². The van der Waals surface area contributed by atoms with Crippen molar-refractivity contribution in [3.05, 3.63) is 59.5 Å². The van der Waals surface area contributed by atoms with Crippen molar-refractivity contribution in [1.82, 2.24) is 13.8 Å². The van der Waals surface area contributed by atoms with Gasteiger partial charge in [0.15, 0.2) is 0 Å². The van der Waals surface area contributed by atoms with E-state index in [1.165, 1.54) is 27.4 Å². The quantitative estimate of drug-likeness (QED) is 0.543. The second-order valence-corrected chi connectivity index (χ2v) is 11.7. The number of hydrogen-bond donors (Lipinski definition) is 2. The number of hydrogen-bond acceptors (Lipinski definition) is 5. The number of nitrogens with one attached hydrogen (secondary N) is 1. The number of methoxy groups -OCH3 is 1. The Balaban J connectivity index is 1.63. The first-order chi connectivity index (χ1) is 17.1. The first kappa shape index (κ1) is 24.5. The van der Waals surface area contributed by atoms with Gasteiger partial charge in [-0.2, -0.15) is 4.31 Å². The largest absolute Gasteiger partial charge is 0.497 e. The molecule has 5 rings (SSSR count). The number of halogens is 1. The maximum absolute atomic E-state index is 13.7. The molecule has 9 nitrogen and oxygen atoms in total. The Hall–Kier alpha value is -3.15. The Kier molecular flexibility index (Phi) is 5.97. The van der Waals surface area contributed by atoms with Gasteiger partial charge in [0, 0.05) is 54.9 Å². The monoisotopic (exact) mass is 516 g/mol. The summed E-state index contributed by atoms with van der Waals surface area (Å²) in [6, 6.07) is 10.1. The summed E-state index contributed by atoms with van der Waals surface area (Å²) in [5.74, 6) is 0.177. The molecule has 2 N–H and O–H groups in total.